The molecule has 0 saturated carbocycles. The van der Waals surface area contributed by atoms with Gasteiger partial charge in [-0.2, -0.15) is 0 Å². The van der Waals surface area contributed by atoms with Crippen molar-refractivity contribution in [2.24, 2.45) is 5.73 Å². The van der Waals surface area contributed by atoms with Gasteiger partial charge in [-0.15, -0.1) is 0 Å². The van der Waals surface area contributed by atoms with Crippen LogP contribution in [-0.2, 0) is 6.54 Å². The lowest BCUT2D eigenvalue weighted by Crippen LogP contribution is -2.01. The van der Waals surface area contributed by atoms with Crippen molar-refractivity contribution in [2.45, 2.75) is 26.4 Å². The van der Waals surface area contributed by atoms with Crippen LogP contribution >= 0.6 is 0 Å². The molecule has 2 rings (SSSR count). The second-order valence-electron chi connectivity index (χ2n) is 4.18. The van der Waals surface area contributed by atoms with Crippen molar-refractivity contribution in [2.75, 3.05) is 0 Å². The molecule has 3 nitrogen and oxygen atoms in total. The van der Waals surface area contributed by atoms with Gasteiger partial charge in [0.1, 0.15) is 0 Å². The highest BCUT2D eigenvalue weighted by Crippen LogP contribution is 2.22. The third-order valence-corrected chi connectivity index (χ3v) is 2.71. The van der Waals surface area contributed by atoms with Crippen LogP contribution in [-0.4, -0.2) is 9.55 Å². The van der Waals surface area contributed by atoms with Gasteiger partial charge in [-0.25, -0.2) is 4.98 Å². The summed E-state index contributed by atoms with van der Waals surface area (Å²) in [7, 11) is 0. The summed E-state index contributed by atoms with van der Waals surface area (Å²) in [4.78, 5) is 4.20. The van der Waals surface area contributed by atoms with Crippen LogP contribution in [0.3, 0.4) is 0 Å². The Bertz CT molecular complexity index is 454. The fourth-order valence-electron chi connectivity index (χ4n) is 1.75. The summed E-state index contributed by atoms with van der Waals surface area (Å²) < 4.78 is 2.16. The van der Waals surface area contributed by atoms with Crippen molar-refractivity contribution in [1.29, 1.82) is 0 Å². The molecule has 0 atom stereocenters. The van der Waals surface area contributed by atoms with Gasteiger partial charge in [0, 0.05) is 12.6 Å². The summed E-state index contributed by atoms with van der Waals surface area (Å²) in [6, 6.07) is 8.74. The molecule has 0 amide bonds. The number of rotatable bonds is 3. The molecule has 0 unspecified atom stereocenters. The molecule has 2 aromatic rings. The number of benzene rings is 1. The molecule has 1 heterocycles. The van der Waals surface area contributed by atoms with E-state index >= 15 is 0 Å². The van der Waals surface area contributed by atoms with Crippen molar-refractivity contribution in [1.82, 2.24) is 9.55 Å². The molecule has 0 fully saturated rings. The number of imidazole rings is 1. The first-order valence-electron chi connectivity index (χ1n) is 5.53. The van der Waals surface area contributed by atoms with E-state index in [4.69, 9.17) is 5.73 Å². The molecule has 1 aromatic carbocycles. The first kappa shape index (κ1) is 10.9. The largest absolute Gasteiger partial charge is 0.328 e. The predicted molar refractivity (Wildman–Crippen MR) is 65.9 cm³/mol. The third-order valence-electron chi connectivity index (χ3n) is 2.71. The van der Waals surface area contributed by atoms with Gasteiger partial charge < -0.3 is 10.3 Å². The van der Waals surface area contributed by atoms with Crippen molar-refractivity contribution >= 4 is 0 Å². The highest BCUT2D eigenvalue weighted by Gasteiger charge is 2.07. The van der Waals surface area contributed by atoms with Crippen molar-refractivity contribution < 1.29 is 0 Å². The number of nitrogens with two attached hydrogens (primary N) is 1. The highest BCUT2D eigenvalue weighted by molar-refractivity contribution is 5.59. The van der Waals surface area contributed by atoms with E-state index in [-0.39, 0.29) is 0 Å². The first-order chi connectivity index (χ1) is 7.72. The van der Waals surface area contributed by atoms with Crippen molar-refractivity contribution in [3.8, 4) is 11.3 Å². The van der Waals surface area contributed by atoms with Crippen LogP contribution in [0.25, 0.3) is 11.3 Å². The van der Waals surface area contributed by atoms with Gasteiger partial charge in [0.2, 0.25) is 0 Å². The topological polar surface area (TPSA) is 43.8 Å². The van der Waals surface area contributed by atoms with Gasteiger partial charge in [0.25, 0.3) is 0 Å². The van der Waals surface area contributed by atoms with Crippen LogP contribution in [0.4, 0.5) is 0 Å². The third kappa shape index (κ3) is 1.99. The lowest BCUT2D eigenvalue weighted by Gasteiger charge is -2.11. The SMILES string of the molecule is CC(C)n1cncc1-c1ccc(CN)cc1. The van der Waals surface area contributed by atoms with E-state index in [1.807, 2.05) is 12.5 Å². The molecular weight excluding hydrogens is 198 g/mol. The Labute approximate surface area is 95.9 Å². The summed E-state index contributed by atoms with van der Waals surface area (Å²) >= 11 is 0. The molecule has 2 N–H and O–H groups in total. The molecule has 0 saturated heterocycles. The van der Waals surface area contributed by atoms with Gasteiger partial charge in [-0.1, -0.05) is 24.3 Å². The molecule has 0 aliphatic carbocycles. The number of nitrogens with zero attached hydrogens (tertiary/aromatic N) is 2. The Morgan fingerprint density at radius 1 is 1.25 bits per heavy atom. The standard InChI is InChI=1S/C13H17N3/c1-10(2)16-9-15-8-13(16)12-5-3-11(7-14)4-6-12/h3-6,8-10H,7,14H2,1-2H3. The summed E-state index contributed by atoms with van der Waals surface area (Å²) in [5.41, 5.74) is 9.07. The summed E-state index contributed by atoms with van der Waals surface area (Å²) in [6.07, 6.45) is 3.77. The van der Waals surface area contributed by atoms with E-state index in [2.05, 4.69) is 47.7 Å². The molecule has 3 heteroatoms. The average Bonchev–Trinajstić information content (AvgIpc) is 2.78. The molecule has 0 aliphatic heterocycles. The zero-order valence-electron chi connectivity index (χ0n) is 9.72. The maximum Gasteiger partial charge on any atom is 0.0953 e. The first-order valence-corrected chi connectivity index (χ1v) is 5.53. The van der Waals surface area contributed by atoms with E-state index in [9.17, 15) is 0 Å². The minimum Gasteiger partial charge on any atom is -0.328 e. The van der Waals surface area contributed by atoms with E-state index < -0.39 is 0 Å². The average molecular weight is 215 g/mol. The van der Waals surface area contributed by atoms with Crippen LogP contribution in [0.2, 0.25) is 0 Å². The van der Waals surface area contributed by atoms with E-state index in [1.165, 1.54) is 5.56 Å². The van der Waals surface area contributed by atoms with Gasteiger partial charge >= 0.3 is 0 Å². The van der Waals surface area contributed by atoms with E-state index in [1.54, 1.807) is 0 Å². The second kappa shape index (κ2) is 4.49. The van der Waals surface area contributed by atoms with Gasteiger partial charge in [0.15, 0.2) is 0 Å². The smallest absolute Gasteiger partial charge is 0.0953 e. The van der Waals surface area contributed by atoms with Crippen molar-refractivity contribution in [3.05, 3.63) is 42.4 Å². The number of aromatic nitrogens is 2. The van der Waals surface area contributed by atoms with E-state index in [0.29, 0.717) is 12.6 Å². The Morgan fingerprint density at radius 3 is 2.50 bits per heavy atom. The fraction of sp³-hybridized carbons (Fsp3) is 0.308. The second-order valence-corrected chi connectivity index (χ2v) is 4.18. The lowest BCUT2D eigenvalue weighted by molar-refractivity contribution is 0.605. The normalized spacial score (nSPS) is 11.0. The molecule has 16 heavy (non-hydrogen) atoms. The monoisotopic (exact) mass is 215 g/mol. The summed E-state index contributed by atoms with van der Waals surface area (Å²) in [5, 5.41) is 0. The zero-order chi connectivity index (χ0) is 11.5. The van der Waals surface area contributed by atoms with Gasteiger partial charge in [-0.05, 0) is 25.0 Å². The van der Waals surface area contributed by atoms with Gasteiger partial charge in [0.05, 0.1) is 18.2 Å². The predicted octanol–water partition coefficient (Wildman–Crippen LogP) is 2.59. The minimum absolute atomic E-state index is 0.423. The molecule has 0 aliphatic rings. The Kier molecular flexibility index (Phi) is 3.06. The fourth-order valence-corrected chi connectivity index (χ4v) is 1.75. The molecule has 0 bridgehead atoms. The number of hydrogen-bond acceptors (Lipinski definition) is 2. The Morgan fingerprint density at radius 2 is 1.94 bits per heavy atom. The summed E-state index contributed by atoms with van der Waals surface area (Å²) in [5.74, 6) is 0. The maximum absolute atomic E-state index is 5.58. The van der Waals surface area contributed by atoms with Crippen LogP contribution in [0.5, 0.6) is 0 Å². The van der Waals surface area contributed by atoms with Crippen LogP contribution in [0.15, 0.2) is 36.8 Å². The van der Waals surface area contributed by atoms with Crippen LogP contribution < -0.4 is 5.73 Å². The molecular formula is C13H17N3. The summed E-state index contributed by atoms with van der Waals surface area (Å²) in [6.45, 7) is 4.89. The van der Waals surface area contributed by atoms with E-state index in [0.717, 1.165) is 11.3 Å². The van der Waals surface area contributed by atoms with Crippen LogP contribution in [0.1, 0.15) is 25.5 Å². The minimum atomic E-state index is 0.423. The molecule has 1 aromatic heterocycles. The molecule has 0 spiro atoms. The Balaban J connectivity index is 2.38. The number of hydrogen-bond donors (Lipinski definition) is 1. The lowest BCUT2D eigenvalue weighted by atomic mass is 10.1. The maximum atomic E-state index is 5.58. The molecule has 84 valence electrons. The highest BCUT2D eigenvalue weighted by atomic mass is 15.1. The quantitative estimate of drug-likeness (QED) is 0.855. The zero-order valence-corrected chi connectivity index (χ0v) is 9.72. The van der Waals surface area contributed by atoms with Crippen LogP contribution in [0, 0.1) is 0 Å². The van der Waals surface area contributed by atoms with Crippen molar-refractivity contribution in [3.63, 3.8) is 0 Å². The molecule has 0 radical (unpaired) electrons. The Hall–Kier alpha value is -1.61. The van der Waals surface area contributed by atoms with Gasteiger partial charge in [-0.3, -0.25) is 0 Å².